The lowest BCUT2D eigenvalue weighted by atomic mass is 10.2. The minimum absolute atomic E-state index is 0.0192. The lowest BCUT2D eigenvalue weighted by Crippen LogP contribution is -2.37. The Morgan fingerprint density at radius 2 is 2.00 bits per heavy atom. The van der Waals surface area contributed by atoms with Crippen LogP contribution in [0, 0.1) is 11.8 Å². The van der Waals surface area contributed by atoms with E-state index in [9.17, 15) is 21.6 Å². The van der Waals surface area contributed by atoms with Crippen molar-refractivity contribution in [3.8, 4) is 11.8 Å². The number of halogens is 4. The summed E-state index contributed by atoms with van der Waals surface area (Å²) in [5, 5.41) is 0.0192. The Morgan fingerprint density at radius 3 is 2.57 bits per heavy atom. The highest BCUT2D eigenvalue weighted by Crippen LogP contribution is 2.23. The Kier molecular flexibility index (Phi) is 5.86. The maximum atomic E-state index is 12.0. The monoisotopic (exact) mass is 341 g/mol. The largest absolute Gasteiger partial charge is 0.402 e. The predicted molar refractivity (Wildman–Crippen MR) is 74.0 cm³/mol. The zero-order valence-electron chi connectivity index (χ0n) is 10.5. The van der Waals surface area contributed by atoms with Gasteiger partial charge in [-0.05, 0) is 18.2 Å². The van der Waals surface area contributed by atoms with Gasteiger partial charge in [-0.2, -0.15) is 26.3 Å². The lowest BCUT2D eigenvalue weighted by molar-refractivity contribution is -0.121. The minimum atomic E-state index is -4.66. The van der Waals surface area contributed by atoms with E-state index in [0.717, 1.165) is 0 Å². The molecule has 0 aliphatic carbocycles. The highest BCUT2D eigenvalue weighted by atomic mass is 35.5. The molecule has 0 spiro atoms. The fraction of sp³-hybridized carbons (Fsp3) is 0.273. The Labute approximate surface area is 124 Å². The molecule has 0 saturated carbocycles. The summed E-state index contributed by atoms with van der Waals surface area (Å²) in [5.41, 5.74) is 5.53. The summed E-state index contributed by atoms with van der Waals surface area (Å²) >= 11 is 5.78. The van der Waals surface area contributed by atoms with E-state index < -0.39 is 22.9 Å². The molecule has 0 aliphatic rings. The Bertz CT molecular complexity index is 666. The van der Waals surface area contributed by atoms with E-state index in [2.05, 4.69) is 11.8 Å². The quantitative estimate of drug-likeness (QED) is 0.725. The van der Waals surface area contributed by atoms with E-state index in [1.807, 2.05) is 4.72 Å². The highest BCUT2D eigenvalue weighted by molar-refractivity contribution is 7.90. The third-order valence-corrected chi connectivity index (χ3v) is 3.35. The molecule has 10 heteroatoms. The van der Waals surface area contributed by atoms with Crippen molar-refractivity contribution in [2.24, 2.45) is 5.73 Å². The number of nitrogens with one attached hydrogen (secondary N) is 2. The lowest BCUT2D eigenvalue weighted by Gasteiger charge is -2.12. The van der Waals surface area contributed by atoms with E-state index in [0.29, 0.717) is 5.56 Å². The molecule has 0 bridgehead atoms. The van der Waals surface area contributed by atoms with Crippen molar-refractivity contribution in [3.63, 3.8) is 0 Å². The standard InChI is InChI=1S/C11H11ClF3N3O2S/c12-9-4-3-8(2-1-5-16)6-10(9)18-21(19,20)17-7-11(13,14)15/h3-4,6,17-18H,5,7,16H2. The van der Waals surface area contributed by atoms with Crippen LogP contribution in [0.25, 0.3) is 0 Å². The summed E-state index contributed by atoms with van der Waals surface area (Å²) in [6.07, 6.45) is -4.66. The average molecular weight is 342 g/mol. The number of hydrogen-bond acceptors (Lipinski definition) is 3. The average Bonchev–Trinajstić information content (AvgIpc) is 2.36. The first-order valence-corrected chi connectivity index (χ1v) is 7.32. The summed E-state index contributed by atoms with van der Waals surface area (Å²) in [6.45, 7) is -1.58. The second-order valence-corrected chi connectivity index (χ2v) is 5.65. The van der Waals surface area contributed by atoms with Crippen LogP contribution in [0.4, 0.5) is 18.9 Å². The molecule has 1 aromatic carbocycles. The fourth-order valence-electron chi connectivity index (χ4n) is 1.19. The van der Waals surface area contributed by atoms with Gasteiger partial charge in [0.2, 0.25) is 0 Å². The van der Waals surface area contributed by atoms with Gasteiger partial charge in [-0.15, -0.1) is 0 Å². The molecule has 21 heavy (non-hydrogen) atoms. The summed E-state index contributed by atoms with van der Waals surface area (Å²) in [5.74, 6) is 5.20. The molecule has 0 fully saturated rings. The van der Waals surface area contributed by atoms with Crippen LogP contribution in [0.3, 0.4) is 0 Å². The number of alkyl halides is 3. The first-order valence-electron chi connectivity index (χ1n) is 5.45. The van der Waals surface area contributed by atoms with Crippen LogP contribution >= 0.6 is 11.6 Å². The van der Waals surface area contributed by atoms with Crippen molar-refractivity contribution in [3.05, 3.63) is 28.8 Å². The van der Waals surface area contributed by atoms with Crippen molar-refractivity contribution < 1.29 is 21.6 Å². The molecular weight excluding hydrogens is 331 g/mol. The van der Waals surface area contributed by atoms with Crippen molar-refractivity contribution in [1.82, 2.24) is 4.72 Å². The maximum Gasteiger partial charge on any atom is 0.402 e. The Hall–Kier alpha value is -1.47. The van der Waals surface area contributed by atoms with Crippen LogP contribution in [0.1, 0.15) is 5.56 Å². The van der Waals surface area contributed by atoms with Gasteiger partial charge in [0.05, 0.1) is 17.3 Å². The maximum absolute atomic E-state index is 12.0. The first-order chi connectivity index (χ1) is 9.63. The minimum Gasteiger partial charge on any atom is -0.320 e. The Balaban J connectivity index is 2.91. The van der Waals surface area contributed by atoms with Crippen LogP contribution < -0.4 is 15.2 Å². The first kappa shape index (κ1) is 17.6. The third-order valence-electron chi connectivity index (χ3n) is 2.01. The van der Waals surface area contributed by atoms with E-state index in [1.54, 1.807) is 0 Å². The zero-order chi connectivity index (χ0) is 16.1. The van der Waals surface area contributed by atoms with Gasteiger partial charge < -0.3 is 5.73 Å². The number of rotatable bonds is 4. The summed E-state index contributed by atoms with van der Waals surface area (Å²) < 4.78 is 62.2. The van der Waals surface area contributed by atoms with E-state index in [1.165, 1.54) is 22.9 Å². The fourth-order valence-corrected chi connectivity index (χ4v) is 2.30. The van der Waals surface area contributed by atoms with Crippen molar-refractivity contribution in [2.45, 2.75) is 6.18 Å². The third kappa shape index (κ3) is 6.68. The molecular formula is C11H11ClF3N3O2S. The van der Waals surface area contributed by atoms with Gasteiger partial charge in [-0.3, -0.25) is 4.72 Å². The number of benzene rings is 1. The van der Waals surface area contributed by atoms with Gasteiger partial charge in [0.25, 0.3) is 10.2 Å². The smallest absolute Gasteiger partial charge is 0.320 e. The van der Waals surface area contributed by atoms with Crippen LogP contribution in [-0.4, -0.2) is 27.7 Å². The highest BCUT2D eigenvalue weighted by Gasteiger charge is 2.29. The molecule has 4 N–H and O–H groups in total. The second kappa shape index (κ2) is 7.00. The second-order valence-electron chi connectivity index (χ2n) is 3.74. The zero-order valence-corrected chi connectivity index (χ0v) is 12.0. The summed E-state index contributed by atoms with van der Waals surface area (Å²) in [7, 11) is -4.40. The van der Waals surface area contributed by atoms with Crippen LogP contribution in [0.2, 0.25) is 5.02 Å². The molecule has 0 aromatic heterocycles. The van der Waals surface area contributed by atoms with Gasteiger partial charge >= 0.3 is 6.18 Å². The molecule has 1 aromatic rings. The SMILES string of the molecule is NCC#Cc1ccc(Cl)c(NS(=O)(=O)NCC(F)(F)F)c1. The van der Waals surface area contributed by atoms with Gasteiger partial charge in [0, 0.05) is 5.56 Å². The van der Waals surface area contributed by atoms with Crippen LogP contribution in [0.15, 0.2) is 18.2 Å². The van der Waals surface area contributed by atoms with Gasteiger partial charge in [-0.1, -0.05) is 23.4 Å². The molecule has 5 nitrogen and oxygen atoms in total. The van der Waals surface area contributed by atoms with Crippen molar-refractivity contribution >= 4 is 27.5 Å². The molecule has 0 saturated heterocycles. The van der Waals surface area contributed by atoms with Gasteiger partial charge in [0.15, 0.2) is 0 Å². The molecule has 0 amide bonds. The number of anilines is 1. The molecule has 0 radical (unpaired) electrons. The van der Waals surface area contributed by atoms with Crippen LogP contribution in [-0.2, 0) is 10.2 Å². The molecule has 1 rings (SSSR count). The van der Waals surface area contributed by atoms with Gasteiger partial charge in [-0.25, -0.2) is 0 Å². The number of hydrogen-bond donors (Lipinski definition) is 3. The van der Waals surface area contributed by atoms with Crippen molar-refractivity contribution in [2.75, 3.05) is 17.8 Å². The van der Waals surface area contributed by atoms with Crippen LogP contribution in [0.5, 0.6) is 0 Å². The molecule has 0 unspecified atom stereocenters. The van der Waals surface area contributed by atoms with Crippen molar-refractivity contribution in [1.29, 1.82) is 0 Å². The number of nitrogens with two attached hydrogens (primary N) is 1. The Morgan fingerprint density at radius 1 is 1.33 bits per heavy atom. The van der Waals surface area contributed by atoms with E-state index in [-0.39, 0.29) is 17.3 Å². The van der Waals surface area contributed by atoms with E-state index >= 15 is 0 Å². The molecule has 0 atom stereocenters. The molecule has 0 heterocycles. The molecule has 116 valence electrons. The predicted octanol–water partition coefficient (Wildman–Crippen LogP) is 1.46. The molecule has 0 aliphatic heterocycles. The summed E-state index contributed by atoms with van der Waals surface area (Å²) in [6, 6.07) is 4.17. The normalized spacial score (nSPS) is 11.7. The van der Waals surface area contributed by atoms with Gasteiger partial charge in [0.1, 0.15) is 6.54 Å². The summed E-state index contributed by atoms with van der Waals surface area (Å²) in [4.78, 5) is 0. The topological polar surface area (TPSA) is 84.2 Å². The van der Waals surface area contributed by atoms with E-state index in [4.69, 9.17) is 17.3 Å².